The van der Waals surface area contributed by atoms with Gasteiger partial charge in [-0.15, -0.1) is 11.3 Å². The van der Waals surface area contributed by atoms with Gasteiger partial charge >= 0.3 is 0 Å². The van der Waals surface area contributed by atoms with Crippen molar-refractivity contribution >= 4 is 16.9 Å². The molecule has 156 valence electrons. The lowest BCUT2D eigenvalue weighted by molar-refractivity contribution is 0.198. The summed E-state index contributed by atoms with van der Waals surface area (Å²) < 4.78 is 0. The van der Waals surface area contributed by atoms with E-state index in [1.165, 1.54) is 17.5 Å². The van der Waals surface area contributed by atoms with Crippen molar-refractivity contribution < 1.29 is 5.11 Å². The van der Waals surface area contributed by atoms with Gasteiger partial charge < -0.3 is 16.6 Å². The number of hydrogen-bond acceptors (Lipinski definition) is 6. The van der Waals surface area contributed by atoms with Crippen molar-refractivity contribution in [2.75, 3.05) is 0 Å². The highest BCUT2D eigenvalue weighted by Gasteiger charge is 2.21. The summed E-state index contributed by atoms with van der Waals surface area (Å²) in [5.74, 6) is 0. The van der Waals surface area contributed by atoms with Crippen LogP contribution in [-0.4, -0.2) is 15.1 Å². The van der Waals surface area contributed by atoms with E-state index in [1.54, 1.807) is 12.4 Å². The number of nitrogens with zero attached hydrogens (tertiary/aromatic N) is 2. The fraction of sp³-hybridized carbons (Fsp3) is 0.120. The van der Waals surface area contributed by atoms with E-state index in [-0.39, 0.29) is 0 Å². The predicted octanol–water partition coefficient (Wildman–Crippen LogP) is 4.73. The molecule has 6 heteroatoms. The van der Waals surface area contributed by atoms with Crippen LogP contribution in [0.5, 0.6) is 0 Å². The maximum Gasteiger partial charge on any atom is 0.0847 e. The molecule has 0 spiro atoms. The fourth-order valence-electron chi connectivity index (χ4n) is 3.55. The van der Waals surface area contributed by atoms with Gasteiger partial charge in [0.05, 0.1) is 28.7 Å². The Morgan fingerprint density at radius 2 is 1.84 bits per heavy atom. The number of nitrogens with two attached hydrogens (primary N) is 2. The molecular weight excluding hydrogens is 404 g/mol. The quantitative estimate of drug-likeness (QED) is 0.412. The second-order valence-electron chi connectivity index (χ2n) is 7.22. The van der Waals surface area contributed by atoms with E-state index in [2.05, 4.69) is 4.98 Å². The lowest BCUT2D eigenvalue weighted by Gasteiger charge is -2.19. The number of hydrogen-bond donors (Lipinski definition) is 3. The van der Waals surface area contributed by atoms with Crippen molar-refractivity contribution in [2.45, 2.75) is 19.6 Å². The maximum atomic E-state index is 10.6. The van der Waals surface area contributed by atoms with Gasteiger partial charge in [0.25, 0.3) is 0 Å². The first-order chi connectivity index (χ1) is 15.1. The molecule has 5 N–H and O–H groups in total. The smallest absolute Gasteiger partial charge is 0.0847 e. The van der Waals surface area contributed by atoms with E-state index in [1.807, 2.05) is 66.0 Å². The zero-order valence-corrected chi connectivity index (χ0v) is 18.0. The number of benzene rings is 2. The summed E-state index contributed by atoms with van der Waals surface area (Å²) in [5.41, 5.74) is 21.1. The third-order valence-electron chi connectivity index (χ3n) is 5.18. The molecule has 0 radical (unpaired) electrons. The number of thiazole rings is 1. The number of aromatic nitrogens is 2. The van der Waals surface area contributed by atoms with Crippen molar-refractivity contribution in [2.24, 2.45) is 11.5 Å². The van der Waals surface area contributed by atoms with Crippen LogP contribution in [-0.2, 0) is 6.54 Å². The molecule has 0 fully saturated rings. The molecule has 0 bridgehead atoms. The summed E-state index contributed by atoms with van der Waals surface area (Å²) >= 11 is 1.49. The standard InChI is InChI=1S/C25H24N4OS/c1-16(30)20-11-21(18-5-3-2-4-6-18)24(19-9-7-17(12-26)8-10-19)29-25(20)22(13-27)23-14-31-15-28-23/h2-11,13-16,30H,12,26-27H2,1H3/b22-13-. The Morgan fingerprint density at radius 1 is 1.10 bits per heavy atom. The summed E-state index contributed by atoms with van der Waals surface area (Å²) in [6, 6.07) is 20.1. The van der Waals surface area contributed by atoms with Crippen molar-refractivity contribution in [3.63, 3.8) is 0 Å². The Balaban J connectivity index is 2.00. The first-order valence-electron chi connectivity index (χ1n) is 10.0. The molecule has 0 aliphatic rings. The summed E-state index contributed by atoms with van der Waals surface area (Å²) in [5, 5.41) is 12.5. The van der Waals surface area contributed by atoms with Crippen LogP contribution in [0.25, 0.3) is 28.0 Å². The Bertz CT molecular complexity index is 1180. The van der Waals surface area contributed by atoms with Crippen molar-refractivity contribution in [3.8, 4) is 22.4 Å². The first kappa shape index (κ1) is 20.9. The van der Waals surface area contributed by atoms with Crippen molar-refractivity contribution in [1.82, 2.24) is 9.97 Å². The number of rotatable bonds is 6. The average Bonchev–Trinajstić information content (AvgIpc) is 3.34. The molecule has 1 unspecified atom stereocenters. The van der Waals surface area contributed by atoms with Gasteiger partial charge in [0.2, 0.25) is 0 Å². The SMILES string of the molecule is CC(O)c1cc(-c2ccccc2)c(-c2ccc(CN)cc2)nc1/C(=C\N)c1cscn1. The van der Waals surface area contributed by atoms with Crippen LogP contribution in [0.3, 0.4) is 0 Å². The Hall–Kier alpha value is -3.32. The molecule has 2 aromatic heterocycles. The normalized spacial score (nSPS) is 12.7. The predicted molar refractivity (Wildman–Crippen MR) is 127 cm³/mol. The third kappa shape index (κ3) is 4.27. The van der Waals surface area contributed by atoms with Gasteiger partial charge in [0.15, 0.2) is 0 Å². The van der Waals surface area contributed by atoms with Gasteiger partial charge in [0, 0.05) is 40.4 Å². The topological polar surface area (TPSA) is 98.0 Å². The van der Waals surface area contributed by atoms with Gasteiger partial charge in [0.1, 0.15) is 0 Å². The van der Waals surface area contributed by atoms with Crippen LogP contribution in [0.4, 0.5) is 0 Å². The maximum absolute atomic E-state index is 10.6. The molecule has 0 amide bonds. The molecule has 4 aromatic rings. The zero-order chi connectivity index (χ0) is 21.8. The van der Waals surface area contributed by atoms with Crippen LogP contribution in [0.2, 0.25) is 0 Å². The van der Waals surface area contributed by atoms with E-state index >= 15 is 0 Å². The molecule has 2 aromatic carbocycles. The average molecular weight is 429 g/mol. The molecule has 2 heterocycles. The monoisotopic (exact) mass is 428 g/mol. The van der Waals surface area contributed by atoms with E-state index in [0.717, 1.165) is 33.6 Å². The Kier molecular flexibility index (Phi) is 6.23. The number of aliphatic hydroxyl groups is 1. The van der Waals surface area contributed by atoms with Gasteiger partial charge in [-0.05, 0) is 24.1 Å². The fourth-order valence-corrected chi connectivity index (χ4v) is 4.10. The molecule has 0 saturated carbocycles. The molecule has 0 aliphatic heterocycles. The summed E-state index contributed by atoms with van der Waals surface area (Å²) in [7, 11) is 0. The Morgan fingerprint density at radius 3 is 2.42 bits per heavy atom. The van der Waals surface area contributed by atoms with Crippen molar-refractivity contribution in [1.29, 1.82) is 0 Å². The second kappa shape index (κ2) is 9.22. The highest BCUT2D eigenvalue weighted by molar-refractivity contribution is 7.07. The number of aliphatic hydroxyl groups excluding tert-OH is 1. The molecule has 4 rings (SSSR count). The van der Waals surface area contributed by atoms with E-state index in [0.29, 0.717) is 23.4 Å². The minimum atomic E-state index is -0.729. The van der Waals surface area contributed by atoms with Gasteiger partial charge in [-0.3, -0.25) is 0 Å². The lowest BCUT2D eigenvalue weighted by Crippen LogP contribution is -2.07. The molecule has 0 saturated heterocycles. The molecule has 0 aliphatic carbocycles. The minimum Gasteiger partial charge on any atom is -0.404 e. The van der Waals surface area contributed by atoms with E-state index in [4.69, 9.17) is 16.5 Å². The highest BCUT2D eigenvalue weighted by atomic mass is 32.1. The van der Waals surface area contributed by atoms with Crippen LogP contribution < -0.4 is 11.5 Å². The molecule has 5 nitrogen and oxygen atoms in total. The minimum absolute atomic E-state index is 0.481. The van der Waals surface area contributed by atoms with Gasteiger partial charge in [-0.1, -0.05) is 54.6 Å². The zero-order valence-electron chi connectivity index (χ0n) is 17.2. The summed E-state index contributed by atoms with van der Waals surface area (Å²) in [4.78, 5) is 9.45. The van der Waals surface area contributed by atoms with E-state index in [9.17, 15) is 5.11 Å². The van der Waals surface area contributed by atoms with Crippen LogP contribution in [0, 0.1) is 0 Å². The summed E-state index contributed by atoms with van der Waals surface area (Å²) in [6.07, 6.45) is 0.777. The van der Waals surface area contributed by atoms with E-state index < -0.39 is 6.10 Å². The van der Waals surface area contributed by atoms with Gasteiger partial charge in [-0.2, -0.15) is 0 Å². The molecule has 31 heavy (non-hydrogen) atoms. The molecule has 1 atom stereocenters. The summed E-state index contributed by atoms with van der Waals surface area (Å²) in [6.45, 7) is 2.22. The van der Waals surface area contributed by atoms with Crippen LogP contribution in [0.1, 0.15) is 35.5 Å². The lowest BCUT2D eigenvalue weighted by atomic mass is 9.92. The highest BCUT2D eigenvalue weighted by Crippen LogP contribution is 2.37. The van der Waals surface area contributed by atoms with Crippen molar-refractivity contribution in [3.05, 3.63) is 100 Å². The molecular formula is C25H24N4OS. The second-order valence-corrected chi connectivity index (χ2v) is 7.94. The Labute approximate surface area is 185 Å². The van der Waals surface area contributed by atoms with Crippen LogP contribution in [0.15, 0.2) is 77.8 Å². The van der Waals surface area contributed by atoms with Crippen LogP contribution >= 0.6 is 11.3 Å². The number of pyridine rings is 1. The largest absolute Gasteiger partial charge is 0.404 e. The third-order valence-corrected chi connectivity index (χ3v) is 5.77. The first-order valence-corrected chi connectivity index (χ1v) is 10.9. The van der Waals surface area contributed by atoms with Gasteiger partial charge in [-0.25, -0.2) is 9.97 Å².